The van der Waals surface area contributed by atoms with Gasteiger partial charge >= 0.3 is 0 Å². The van der Waals surface area contributed by atoms with Gasteiger partial charge in [-0.1, -0.05) is 27.7 Å². The van der Waals surface area contributed by atoms with Gasteiger partial charge in [-0.25, -0.2) is 0 Å². The van der Waals surface area contributed by atoms with Gasteiger partial charge in [-0.05, 0) is 17.3 Å². The Morgan fingerprint density at radius 3 is 1.70 bits per heavy atom. The van der Waals surface area contributed by atoms with Gasteiger partial charge in [0, 0.05) is 0 Å². The third kappa shape index (κ3) is 0.968. The highest BCUT2D eigenvalue weighted by atomic mass is 16.5. The van der Waals surface area contributed by atoms with E-state index >= 15 is 0 Å². The molecule has 1 aliphatic rings. The Morgan fingerprint density at radius 1 is 1.20 bits per heavy atom. The maximum atomic E-state index is 5.14. The van der Waals surface area contributed by atoms with Crippen LogP contribution in [0, 0.1) is 24.4 Å². The Bertz CT molecular complexity index is 122. The van der Waals surface area contributed by atoms with Gasteiger partial charge < -0.3 is 4.74 Å². The number of hydrogen-bond donors (Lipinski definition) is 0. The van der Waals surface area contributed by atoms with Crippen molar-refractivity contribution in [1.82, 2.24) is 0 Å². The predicted molar refractivity (Wildman–Crippen MR) is 42.1 cm³/mol. The minimum Gasteiger partial charge on any atom is -0.375 e. The van der Waals surface area contributed by atoms with Gasteiger partial charge in [-0.3, -0.25) is 0 Å². The lowest BCUT2D eigenvalue weighted by Crippen LogP contribution is -2.56. The van der Waals surface area contributed by atoms with Crippen LogP contribution in [-0.4, -0.2) is 6.10 Å². The second-order valence-electron chi connectivity index (χ2n) is 4.33. The van der Waals surface area contributed by atoms with Crippen LogP contribution in [0.5, 0.6) is 0 Å². The molecule has 1 nitrogen and oxygen atoms in total. The second kappa shape index (κ2) is 1.97. The molecule has 0 bridgehead atoms. The van der Waals surface area contributed by atoms with Crippen molar-refractivity contribution in [2.45, 2.75) is 33.8 Å². The second-order valence-corrected chi connectivity index (χ2v) is 4.33. The molecule has 1 fully saturated rings. The van der Waals surface area contributed by atoms with Crippen molar-refractivity contribution in [2.24, 2.45) is 10.8 Å². The molecule has 2 radical (unpaired) electrons. The highest BCUT2D eigenvalue weighted by Crippen LogP contribution is 2.54. The van der Waals surface area contributed by atoms with Gasteiger partial charge in [-0.2, -0.15) is 0 Å². The molecule has 58 valence electrons. The van der Waals surface area contributed by atoms with Crippen molar-refractivity contribution >= 4 is 0 Å². The van der Waals surface area contributed by atoms with Gasteiger partial charge in [-0.15, -0.1) is 0 Å². The van der Waals surface area contributed by atoms with E-state index in [0.717, 1.165) is 0 Å². The van der Waals surface area contributed by atoms with Crippen molar-refractivity contribution in [3.05, 3.63) is 13.5 Å². The number of hydrogen-bond acceptors (Lipinski definition) is 1. The normalized spacial score (nSPS) is 29.7. The minimum absolute atomic E-state index is 0.214. The first-order valence-electron chi connectivity index (χ1n) is 3.68. The molecule has 1 rings (SSSR count). The summed E-state index contributed by atoms with van der Waals surface area (Å²) in [5, 5.41) is 0. The summed E-state index contributed by atoms with van der Waals surface area (Å²) in [6.45, 7) is 8.70. The minimum atomic E-state index is 0.214. The molecule has 0 saturated heterocycles. The third-order valence-electron chi connectivity index (χ3n) is 2.26. The highest BCUT2D eigenvalue weighted by Gasteiger charge is 2.53. The van der Waals surface area contributed by atoms with Crippen LogP contribution in [0.2, 0.25) is 0 Å². The predicted octanol–water partition coefficient (Wildman–Crippen LogP) is 2.43. The van der Waals surface area contributed by atoms with Gasteiger partial charge in [0.2, 0.25) is 0 Å². The van der Waals surface area contributed by atoms with Crippen LogP contribution >= 0.6 is 0 Å². The van der Waals surface area contributed by atoms with Gasteiger partial charge in [0.25, 0.3) is 0 Å². The van der Waals surface area contributed by atoms with Crippen molar-refractivity contribution in [1.29, 1.82) is 0 Å². The Morgan fingerprint density at radius 2 is 1.60 bits per heavy atom. The summed E-state index contributed by atoms with van der Waals surface area (Å²) in [5.41, 5.74) is 0.427. The zero-order valence-corrected chi connectivity index (χ0v) is 7.27. The summed E-state index contributed by atoms with van der Waals surface area (Å²) in [6, 6.07) is 0. The van der Waals surface area contributed by atoms with Gasteiger partial charge in [0.15, 0.2) is 0 Å². The summed E-state index contributed by atoms with van der Waals surface area (Å²) in [6.07, 6.45) is 2.59. The van der Waals surface area contributed by atoms with Crippen LogP contribution in [0.3, 0.4) is 0 Å². The lowest BCUT2D eigenvalue weighted by molar-refractivity contribution is -0.101. The van der Waals surface area contributed by atoms with E-state index < -0.39 is 0 Å². The summed E-state index contributed by atoms with van der Waals surface area (Å²) in [7, 11) is 3.48. The van der Waals surface area contributed by atoms with E-state index in [1.54, 1.807) is 0 Å². The van der Waals surface area contributed by atoms with E-state index in [2.05, 4.69) is 41.2 Å². The lowest BCUT2D eigenvalue weighted by Gasteiger charge is -2.56. The third-order valence-corrected chi connectivity index (χ3v) is 2.26. The van der Waals surface area contributed by atoms with Crippen LogP contribution in [0.25, 0.3) is 0 Å². The quantitative estimate of drug-likeness (QED) is 0.543. The summed E-state index contributed by atoms with van der Waals surface area (Å²) in [5.74, 6) is 0. The molecule has 1 aliphatic carbocycles. The van der Waals surface area contributed by atoms with Crippen LogP contribution < -0.4 is 0 Å². The summed E-state index contributed by atoms with van der Waals surface area (Å²) < 4.78 is 5.14. The van der Waals surface area contributed by atoms with Crippen LogP contribution in [0.4, 0.5) is 0 Å². The molecule has 0 spiro atoms. The van der Waals surface area contributed by atoms with Gasteiger partial charge in [0.1, 0.15) is 0 Å². The lowest BCUT2D eigenvalue weighted by atomic mass is 9.53. The molecule has 0 unspecified atom stereocenters. The van der Waals surface area contributed by atoms with E-state index in [-0.39, 0.29) is 16.9 Å². The Hall–Kier alpha value is -0.0400. The van der Waals surface area contributed by atoms with Gasteiger partial charge in [0.05, 0.1) is 13.2 Å². The highest BCUT2D eigenvalue weighted by molar-refractivity contribution is 5.16. The summed E-state index contributed by atoms with van der Waals surface area (Å²) >= 11 is 0. The van der Waals surface area contributed by atoms with Crippen molar-refractivity contribution in [3.63, 3.8) is 0 Å². The SMILES string of the molecule is [CH2]OC1C(C)(C)[CH]C1(C)C. The molecule has 0 aromatic heterocycles. The number of rotatable bonds is 1. The maximum absolute atomic E-state index is 5.14. The first kappa shape index (κ1) is 8.06. The van der Waals surface area contributed by atoms with E-state index in [4.69, 9.17) is 4.74 Å². The Labute approximate surface area is 63.8 Å². The standard InChI is InChI=1S/C9H16O/c1-8(2)6-9(3,4)7(8)10-5/h6-7H,5H2,1-4H3. The van der Waals surface area contributed by atoms with E-state index in [0.29, 0.717) is 0 Å². The number of ether oxygens (including phenoxy) is 1. The fraction of sp³-hybridized carbons (Fsp3) is 0.778. The molecule has 0 atom stereocenters. The molecule has 0 aromatic carbocycles. The molecule has 1 heteroatoms. The smallest absolute Gasteiger partial charge is 0.0704 e. The molecule has 0 heterocycles. The van der Waals surface area contributed by atoms with Crippen molar-refractivity contribution < 1.29 is 4.74 Å². The summed E-state index contributed by atoms with van der Waals surface area (Å²) in [4.78, 5) is 0. The molecule has 1 saturated carbocycles. The molecule has 0 aromatic rings. The zero-order chi connectivity index (χ0) is 7.99. The van der Waals surface area contributed by atoms with Crippen molar-refractivity contribution in [2.75, 3.05) is 0 Å². The maximum Gasteiger partial charge on any atom is 0.0704 e. The first-order chi connectivity index (χ1) is 4.40. The molecule has 0 aliphatic heterocycles. The topological polar surface area (TPSA) is 9.23 Å². The monoisotopic (exact) mass is 140 g/mol. The Balaban J connectivity index is 2.64. The van der Waals surface area contributed by atoms with E-state index in [9.17, 15) is 0 Å². The fourth-order valence-corrected chi connectivity index (χ4v) is 2.40. The largest absolute Gasteiger partial charge is 0.375 e. The molecule has 0 N–H and O–H groups in total. The molecular weight excluding hydrogens is 124 g/mol. The average Bonchev–Trinajstić information content (AvgIpc) is 1.59. The van der Waals surface area contributed by atoms with E-state index in [1.165, 1.54) is 0 Å². The molecule has 0 amide bonds. The first-order valence-corrected chi connectivity index (χ1v) is 3.68. The van der Waals surface area contributed by atoms with Crippen LogP contribution in [0.15, 0.2) is 0 Å². The van der Waals surface area contributed by atoms with Crippen LogP contribution in [-0.2, 0) is 4.74 Å². The van der Waals surface area contributed by atoms with E-state index in [1.807, 2.05) is 0 Å². The van der Waals surface area contributed by atoms with Crippen LogP contribution in [0.1, 0.15) is 27.7 Å². The average molecular weight is 140 g/mol. The fourth-order valence-electron chi connectivity index (χ4n) is 2.40. The Kier molecular flexibility index (Phi) is 1.59. The zero-order valence-electron chi connectivity index (χ0n) is 7.27. The molecule has 10 heavy (non-hydrogen) atoms. The molecular formula is C9H16O. The van der Waals surface area contributed by atoms with Crippen molar-refractivity contribution in [3.8, 4) is 0 Å².